The van der Waals surface area contributed by atoms with Crippen LogP contribution in [0.5, 0.6) is 0 Å². The molecule has 0 amide bonds. The second kappa shape index (κ2) is 11.7. The van der Waals surface area contributed by atoms with Gasteiger partial charge in [-0.1, -0.05) is 6.92 Å². The smallest absolute Gasteiger partial charge is 0.191 e. The molecule has 1 unspecified atom stereocenters. The van der Waals surface area contributed by atoms with Crippen molar-refractivity contribution in [3.8, 4) is 0 Å². The van der Waals surface area contributed by atoms with Gasteiger partial charge in [-0.2, -0.15) is 5.10 Å². The van der Waals surface area contributed by atoms with Crippen LogP contribution in [0.25, 0.3) is 0 Å². The number of guanidine groups is 1. The van der Waals surface area contributed by atoms with Crippen LogP contribution in [0.4, 0.5) is 0 Å². The minimum absolute atomic E-state index is 0. The fourth-order valence-electron chi connectivity index (χ4n) is 2.17. The zero-order valence-electron chi connectivity index (χ0n) is 15.3. The molecule has 0 aliphatic carbocycles. The highest BCUT2D eigenvalue weighted by molar-refractivity contribution is 14.0. The molecule has 134 valence electrons. The predicted octanol–water partition coefficient (Wildman–Crippen LogP) is 2.62. The van der Waals surface area contributed by atoms with E-state index in [1.807, 2.05) is 11.6 Å². The first-order valence-electron chi connectivity index (χ1n) is 8.10. The molecule has 23 heavy (non-hydrogen) atoms. The number of aliphatic imine (C=N–C) groups is 1. The number of rotatable bonds is 8. The summed E-state index contributed by atoms with van der Waals surface area (Å²) in [5.41, 5.74) is 3.40. The Morgan fingerprint density at radius 2 is 2.04 bits per heavy atom. The zero-order chi connectivity index (χ0) is 16.5. The van der Waals surface area contributed by atoms with Gasteiger partial charge in [-0.15, -0.1) is 24.0 Å². The molecular formula is C16H32IN5O. The number of methoxy groups -OCH3 is 1. The quantitative estimate of drug-likeness (QED) is 0.373. The van der Waals surface area contributed by atoms with Gasteiger partial charge in [0.2, 0.25) is 0 Å². The number of aromatic nitrogens is 2. The van der Waals surface area contributed by atoms with Gasteiger partial charge in [-0.3, -0.25) is 4.68 Å². The lowest BCUT2D eigenvalue weighted by molar-refractivity contribution is 0.182. The van der Waals surface area contributed by atoms with Crippen LogP contribution >= 0.6 is 24.0 Å². The van der Waals surface area contributed by atoms with Crippen LogP contribution < -0.4 is 10.6 Å². The topological polar surface area (TPSA) is 63.5 Å². The molecule has 0 bridgehead atoms. The number of ether oxygens (including phenoxy) is 1. The molecule has 0 radical (unpaired) electrons. The molecule has 1 rings (SSSR count). The standard InChI is InChI=1S/C16H31N5O.HI/c1-7-12(3)19-16(17-8-2)18-11-15-13(4)20-21(14(15)5)9-10-22-6;/h12H,7-11H2,1-6H3,(H2,17,18,19);1H. The second-order valence-corrected chi connectivity index (χ2v) is 5.51. The van der Waals surface area contributed by atoms with Crippen molar-refractivity contribution in [2.24, 2.45) is 4.99 Å². The molecule has 6 nitrogen and oxygen atoms in total. The SMILES string of the molecule is CCNC(=NCc1c(C)nn(CCOC)c1C)NC(C)CC.I. The Balaban J connectivity index is 0.00000484. The van der Waals surface area contributed by atoms with Crippen LogP contribution in [-0.4, -0.2) is 42.0 Å². The number of aryl methyl sites for hydroxylation is 1. The van der Waals surface area contributed by atoms with Crippen LogP contribution in [0.1, 0.15) is 44.1 Å². The van der Waals surface area contributed by atoms with Gasteiger partial charge in [0.25, 0.3) is 0 Å². The molecule has 2 N–H and O–H groups in total. The largest absolute Gasteiger partial charge is 0.383 e. The van der Waals surface area contributed by atoms with Crippen LogP contribution in [0, 0.1) is 13.8 Å². The fraction of sp³-hybridized carbons (Fsp3) is 0.750. The van der Waals surface area contributed by atoms with E-state index in [0.717, 1.165) is 36.9 Å². The van der Waals surface area contributed by atoms with E-state index in [9.17, 15) is 0 Å². The third-order valence-corrected chi connectivity index (χ3v) is 3.77. The molecule has 7 heteroatoms. The summed E-state index contributed by atoms with van der Waals surface area (Å²) in [6.07, 6.45) is 1.07. The summed E-state index contributed by atoms with van der Waals surface area (Å²) in [6.45, 7) is 13.5. The zero-order valence-corrected chi connectivity index (χ0v) is 17.6. The third kappa shape index (κ3) is 7.07. The normalized spacial score (nSPS) is 12.7. The number of nitrogens with zero attached hydrogens (tertiary/aromatic N) is 3. The van der Waals surface area contributed by atoms with Crippen LogP contribution in [0.15, 0.2) is 4.99 Å². The summed E-state index contributed by atoms with van der Waals surface area (Å²) in [4.78, 5) is 4.70. The molecule has 0 fully saturated rings. The molecule has 0 aliphatic rings. The molecule has 1 atom stereocenters. The molecule has 1 heterocycles. The van der Waals surface area contributed by atoms with Gasteiger partial charge in [0.1, 0.15) is 0 Å². The maximum atomic E-state index is 5.13. The van der Waals surface area contributed by atoms with E-state index in [-0.39, 0.29) is 24.0 Å². The Hall–Kier alpha value is -0.830. The summed E-state index contributed by atoms with van der Waals surface area (Å²) >= 11 is 0. The van der Waals surface area contributed by atoms with Crippen molar-refractivity contribution in [1.82, 2.24) is 20.4 Å². The number of halogens is 1. The molecule has 0 aliphatic heterocycles. The Morgan fingerprint density at radius 3 is 2.61 bits per heavy atom. The Kier molecular flexibility index (Phi) is 11.2. The van der Waals surface area contributed by atoms with Gasteiger partial charge < -0.3 is 15.4 Å². The molecule has 0 saturated carbocycles. The van der Waals surface area contributed by atoms with Crippen molar-refractivity contribution in [1.29, 1.82) is 0 Å². The lowest BCUT2D eigenvalue weighted by Gasteiger charge is -2.16. The molecule has 1 aromatic heterocycles. The Labute approximate surface area is 157 Å². The van der Waals surface area contributed by atoms with Crippen molar-refractivity contribution < 1.29 is 4.74 Å². The highest BCUT2D eigenvalue weighted by atomic mass is 127. The summed E-state index contributed by atoms with van der Waals surface area (Å²) in [6, 6.07) is 0.407. The monoisotopic (exact) mass is 437 g/mol. The summed E-state index contributed by atoms with van der Waals surface area (Å²) in [7, 11) is 1.71. The van der Waals surface area contributed by atoms with Gasteiger partial charge in [-0.05, 0) is 34.1 Å². The molecule has 0 aromatic carbocycles. The van der Waals surface area contributed by atoms with E-state index in [2.05, 4.69) is 43.4 Å². The van der Waals surface area contributed by atoms with Gasteiger partial charge >= 0.3 is 0 Å². The van der Waals surface area contributed by atoms with Gasteiger partial charge in [0, 0.05) is 31.0 Å². The average molecular weight is 437 g/mol. The van der Waals surface area contributed by atoms with Crippen molar-refractivity contribution >= 4 is 29.9 Å². The number of hydrogen-bond donors (Lipinski definition) is 2. The van der Waals surface area contributed by atoms with Gasteiger partial charge in [0.05, 0.1) is 25.4 Å². The second-order valence-electron chi connectivity index (χ2n) is 5.51. The van der Waals surface area contributed by atoms with Crippen LogP contribution in [-0.2, 0) is 17.8 Å². The maximum absolute atomic E-state index is 5.13. The fourth-order valence-corrected chi connectivity index (χ4v) is 2.17. The van der Waals surface area contributed by atoms with Crippen LogP contribution in [0.3, 0.4) is 0 Å². The lowest BCUT2D eigenvalue weighted by atomic mass is 10.2. The van der Waals surface area contributed by atoms with E-state index in [1.165, 1.54) is 5.56 Å². The van der Waals surface area contributed by atoms with Crippen LogP contribution in [0.2, 0.25) is 0 Å². The summed E-state index contributed by atoms with van der Waals surface area (Å²) in [5, 5.41) is 11.3. The van der Waals surface area contributed by atoms with E-state index in [4.69, 9.17) is 9.73 Å². The summed E-state index contributed by atoms with van der Waals surface area (Å²) in [5.74, 6) is 0.861. The molecular weight excluding hydrogens is 405 g/mol. The first kappa shape index (κ1) is 22.2. The Morgan fingerprint density at radius 1 is 1.35 bits per heavy atom. The van der Waals surface area contributed by atoms with Gasteiger partial charge in [0.15, 0.2) is 5.96 Å². The third-order valence-electron chi connectivity index (χ3n) is 3.77. The minimum Gasteiger partial charge on any atom is -0.383 e. The number of nitrogens with one attached hydrogen (secondary N) is 2. The average Bonchev–Trinajstić information content (AvgIpc) is 2.77. The van der Waals surface area contributed by atoms with E-state index < -0.39 is 0 Å². The first-order chi connectivity index (χ1) is 10.5. The van der Waals surface area contributed by atoms with Gasteiger partial charge in [-0.25, -0.2) is 4.99 Å². The van der Waals surface area contributed by atoms with E-state index in [0.29, 0.717) is 19.2 Å². The van der Waals surface area contributed by atoms with E-state index >= 15 is 0 Å². The summed E-state index contributed by atoms with van der Waals surface area (Å²) < 4.78 is 7.13. The molecule has 1 aromatic rings. The Bertz CT molecular complexity index is 487. The number of hydrogen-bond acceptors (Lipinski definition) is 3. The van der Waals surface area contributed by atoms with Crippen molar-refractivity contribution in [2.75, 3.05) is 20.3 Å². The predicted molar refractivity (Wildman–Crippen MR) is 107 cm³/mol. The van der Waals surface area contributed by atoms with Crippen molar-refractivity contribution in [3.05, 3.63) is 17.0 Å². The van der Waals surface area contributed by atoms with Crippen molar-refractivity contribution in [3.63, 3.8) is 0 Å². The highest BCUT2D eigenvalue weighted by Crippen LogP contribution is 2.14. The van der Waals surface area contributed by atoms with E-state index in [1.54, 1.807) is 7.11 Å². The molecule has 0 spiro atoms. The minimum atomic E-state index is 0. The highest BCUT2D eigenvalue weighted by Gasteiger charge is 2.11. The molecule has 0 saturated heterocycles. The lowest BCUT2D eigenvalue weighted by Crippen LogP contribution is -2.41. The maximum Gasteiger partial charge on any atom is 0.191 e. The first-order valence-corrected chi connectivity index (χ1v) is 8.10. The van der Waals surface area contributed by atoms with Crippen molar-refractivity contribution in [2.45, 2.75) is 60.2 Å².